The maximum absolute atomic E-state index is 11.6. The van der Waals surface area contributed by atoms with Gasteiger partial charge in [-0.15, -0.1) is 0 Å². The van der Waals surface area contributed by atoms with Crippen molar-refractivity contribution in [1.82, 2.24) is 5.32 Å². The molecule has 0 saturated carbocycles. The fraction of sp³-hybridized carbons (Fsp3) is 0.867. The Balaban J connectivity index is 3.91. The third kappa shape index (κ3) is 10.8. The van der Waals surface area contributed by atoms with E-state index in [2.05, 4.69) is 5.32 Å². The molecule has 1 atom stereocenters. The third-order valence-corrected chi connectivity index (χ3v) is 3.11. The van der Waals surface area contributed by atoms with Gasteiger partial charge in [-0.2, -0.15) is 0 Å². The van der Waals surface area contributed by atoms with Crippen molar-refractivity contribution in [3.8, 4) is 0 Å². The minimum Gasteiger partial charge on any atom is -0.481 e. The van der Waals surface area contributed by atoms with Gasteiger partial charge >= 0.3 is 5.97 Å². The molecule has 5 heteroatoms. The van der Waals surface area contributed by atoms with Crippen LogP contribution in [0.4, 0.5) is 0 Å². The summed E-state index contributed by atoms with van der Waals surface area (Å²) in [6, 6.07) is 0. The molecule has 0 heterocycles. The smallest absolute Gasteiger partial charge is 0.308 e. The van der Waals surface area contributed by atoms with Crippen molar-refractivity contribution in [2.45, 2.75) is 59.3 Å². The van der Waals surface area contributed by atoms with Gasteiger partial charge in [0.1, 0.15) is 0 Å². The third-order valence-electron chi connectivity index (χ3n) is 3.11. The molecule has 4 N–H and O–H groups in total. The van der Waals surface area contributed by atoms with E-state index in [9.17, 15) is 9.59 Å². The fourth-order valence-electron chi connectivity index (χ4n) is 2.09. The van der Waals surface area contributed by atoms with E-state index in [1.54, 1.807) is 0 Å². The highest BCUT2D eigenvalue weighted by Gasteiger charge is 2.24. The molecule has 0 aliphatic heterocycles. The largest absolute Gasteiger partial charge is 0.481 e. The normalized spacial score (nSPS) is 13.0. The quantitative estimate of drug-likeness (QED) is 0.536. The molecule has 0 radical (unpaired) electrons. The Hall–Kier alpha value is -1.10. The fourth-order valence-corrected chi connectivity index (χ4v) is 2.09. The second-order valence-electron chi connectivity index (χ2n) is 6.56. The van der Waals surface area contributed by atoms with Crippen LogP contribution < -0.4 is 11.1 Å². The number of carboxylic acids is 1. The number of nitrogens with one attached hydrogen (secondary N) is 1. The second kappa shape index (κ2) is 9.75. The number of carbonyl (C=O) groups excluding carboxylic acids is 1. The minimum absolute atomic E-state index is 0.0575. The van der Waals surface area contributed by atoms with Crippen LogP contribution >= 0.6 is 0 Å². The summed E-state index contributed by atoms with van der Waals surface area (Å²) in [4.78, 5) is 22.8. The highest BCUT2D eigenvalue weighted by molar-refractivity contribution is 5.77. The number of rotatable bonds is 10. The highest BCUT2D eigenvalue weighted by Crippen LogP contribution is 2.24. The molecule has 1 unspecified atom stereocenters. The lowest BCUT2D eigenvalue weighted by atomic mass is 9.84. The summed E-state index contributed by atoms with van der Waals surface area (Å²) < 4.78 is 0. The Labute approximate surface area is 122 Å². The lowest BCUT2D eigenvalue weighted by Crippen LogP contribution is -2.34. The molecule has 0 aromatic rings. The van der Waals surface area contributed by atoms with Crippen LogP contribution in [0.25, 0.3) is 0 Å². The van der Waals surface area contributed by atoms with E-state index >= 15 is 0 Å². The van der Waals surface area contributed by atoms with E-state index in [1.165, 1.54) is 0 Å². The van der Waals surface area contributed by atoms with Gasteiger partial charge in [0, 0.05) is 13.0 Å². The molecule has 0 aromatic carbocycles. The molecule has 0 aromatic heterocycles. The van der Waals surface area contributed by atoms with Crippen LogP contribution in [0, 0.1) is 11.3 Å². The van der Waals surface area contributed by atoms with Crippen molar-refractivity contribution >= 4 is 11.9 Å². The predicted molar refractivity (Wildman–Crippen MR) is 80.3 cm³/mol. The van der Waals surface area contributed by atoms with Crippen molar-refractivity contribution in [2.75, 3.05) is 13.1 Å². The lowest BCUT2D eigenvalue weighted by molar-refractivity contribution is -0.142. The molecule has 0 saturated heterocycles. The highest BCUT2D eigenvalue weighted by atomic mass is 16.4. The molecule has 0 aliphatic rings. The molecule has 118 valence electrons. The maximum atomic E-state index is 11.6. The van der Waals surface area contributed by atoms with Crippen LogP contribution in [0.3, 0.4) is 0 Å². The summed E-state index contributed by atoms with van der Waals surface area (Å²) >= 11 is 0. The molecule has 0 fully saturated rings. The number of amides is 1. The molecular weight excluding hydrogens is 256 g/mol. The van der Waals surface area contributed by atoms with E-state index in [0.717, 1.165) is 25.7 Å². The van der Waals surface area contributed by atoms with Crippen LogP contribution in [0.1, 0.15) is 59.3 Å². The van der Waals surface area contributed by atoms with Crippen LogP contribution in [0.5, 0.6) is 0 Å². The number of hydrogen-bond acceptors (Lipinski definition) is 3. The monoisotopic (exact) mass is 286 g/mol. The van der Waals surface area contributed by atoms with Gasteiger partial charge in [0.25, 0.3) is 0 Å². The van der Waals surface area contributed by atoms with E-state index < -0.39 is 11.9 Å². The van der Waals surface area contributed by atoms with Crippen molar-refractivity contribution in [3.05, 3.63) is 0 Å². The molecule has 0 bridgehead atoms. The summed E-state index contributed by atoms with van der Waals surface area (Å²) in [7, 11) is 0. The van der Waals surface area contributed by atoms with Gasteiger partial charge in [-0.25, -0.2) is 0 Å². The summed E-state index contributed by atoms with van der Waals surface area (Å²) in [5.41, 5.74) is 5.34. The Morgan fingerprint density at radius 2 is 1.75 bits per heavy atom. The summed E-state index contributed by atoms with van der Waals surface area (Å²) in [5.74, 6) is -1.42. The summed E-state index contributed by atoms with van der Waals surface area (Å²) in [5, 5.41) is 11.9. The van der Waals surface area contributed by atoms with Gasteiger partial charge < -0.3 is 16.2 Å². The average Bonchev–Trinajstić information content (AvgIpc) is 2.32. The van der Waals surface area contributed by atoms with Crippen molar-refractivity contribution in [2.24, 2.45) is 17.1 Å². The molecule has 0 rings (SSSR count). The van der Waals surface area contributed by atoms with Gasteiger partial charge in [0.05, 0.1) is 5.92 Å². The number of nitrogens with two attached hydrogens (primary N) is 1. The SMILES string of the molecule is CC(C)(C)CC(CNC(=O)CCCCCCN)C(=O)O. The Bertz CT molecular complexity index is 298. The zero-order valence-corrected chi connectivity index (χ0v) is 13.1. The number of carbonyl (C=O) groups is 2. The topological polar surface area (TPSA) is 92.4 Å². The molecular formula is C15H30N2O3. The van der Waals surface area contributed by atoms with Gasteiger partial charge in [-0.1, -0.05) is 33.6 Å². The van der Waals surface area contributed by atoms with E-state index in [0.29, 0.717) is 19.4 Å². The number of aliphatic carboxylic acids is 1. The van der Waals surface area contributed by atoms with Gasteiger partial charge in [-0.05, 0) is 31.2 Å². The van der Waals surface area contributed by atoms with Crippen LogP contribution in [0.2, 0.25) is 0 Å². The van der Waals surface area contributed by atoms with Crippen molar-refractivity contribution < 1.29 is 14.7 Å². The van der Waals surface area contributed by atoms with E-state index in [-0.39, 0.29) is 17.9 Å². The zero-order chi connectivity index (χ0) is 15.6. The Morgan fingerprint density at radius 1 is 1.15 bits per heavy atom. The van der Waals surface area contributed by atoms with E-state index in [4.69, 9.17) is 10.8 Å². The number of unbranched alkanes of at least 4 members (excludes halogenated alkanes) is 3. The molecule has 5 nitrogen and oxygen atoms in total. The van der Waals surface area contributed by atoms with Crippen LogP contribution in [-0.4, -0.2) is 30.1 Å². The Morgan fingerprint density at radius 3 is 2.25 bits per heavy atom. The molecule has 0 spiro atoms. The first-order valence-corrected chi connectivity index (χ1v) is 7.46. The Kier molecular flexibility index (Phi) is 9.21. The summed E-state index contributed by atoms with van der Waals surface area (Å²) in [6.07, 6.45) is 4.89. The first kappa shape index (κ1) is 18.9. The first-order valence-electron chi connectivity index (χ1n) is 7.46. The zero-order valence-electron chi connectivity index (χ0n) is 13.1. The number of hydrogen-bond donors (Lipinski definition) is 3. The van der Waals surface area contributed by atoms with Crippen LogP contribution in [0.15, 0.2) is 0 Å². The first-order chi connectivity index (χ1) is 9.26. The minimum atomic E-state index is -0.844. The molecule has 1 amide bonds. The van der Waals surface area contributed by atoms with Crippen LogP contribution in [-0.2, 0) is 9.59 Å². The predicted octanol–water partition coefficient (Wildman–Crippen LogP) is 2.15. The summed E-state index contributed by atoms with van der Waals surface area (Å²) in [6.45, 7) is 6.92. The van der Waals surface area contributed by atoms with Crippen molar-refractivity contribution in [3.63, 3.8) is 0 Å². The van der Waals surface area contributed by atoms with Gasteiger partial charge in [0.2, 0.25) is 5.91 Å². The van der Waals surface area contributed by atoms with Crippen molar-refractivity contribution in [1.29, 1.82) is 0 Å². The average molecular weight is 286 g/mol. The second-order valence-corrected chi connectivity index (χ2v) is 6.56. The van der Waals surface area contributed by atoms with E-state index in [1.807, 2.05) is 20.8 Å². The standard InChI is InChI=1S/C15H30N2O3/c1-15(2,3)10-12(14(19)20)11-17-13(18)8-6-4-5-7-9-16/h12H,4-11,16H2,1-3H3,(H,17,18)(H,19,20). The lowest BCUT2D eigenvalue weighted by Gasteiger charge is -2.23. The number of carboxylic acid groups (broad SMARTS) is 1. The maximum Gasteiger partial charge on any atom is 0.308 e. The molecule has 20 heavy (non-hydrogen) atoms. The molecule has 0 aliphatic carbocycles. The van der Waals surface area contributed by atoms with Gasteiger partial charge in [-0.3, -0.25) is 9.59 Å². The van der Waals surface area contributed by atoms with Gasteiger partial charge in [0.15, 0.2) is 0 Å².